The van der Waals surface area contributed by atoms with Gasteiger partial charge >= 0.3 is 0 Å². The van der Waals surface area contributed by atoms with Gasteiger partial charge in [-0.15, -0.1) is 0 Å². The maximum Gasteiger partial charge on any atom is 0.273 e. The summed E-state index contributed by atoms with van der Waals surface area (Å²) in [5.41, 5.74) is 1.01. The van der Waals surface area contributed by atoms with Crippen molar-refractivity contribution in [2.24, 2.45) is 0 Å². The molecule has 5 nitrogen and oxygen atoms in total. The van der Waals surface area contributed by atoms with E-state index in [2.05, 4.69) is 14.7 Å². The van der Waals surface area contributed by atoms with Crippen LogP contribution in [0.3, 0.4) is 0 Å². The van der Waals surface area contributed by atoms with E-state index in [0.717, 1.165) is 11.3 Å². The van der Waals surface area contributed by atoms with Crippen LogP contribution in [-0.4, -0.2) is 18.4 Å². The minimum absolute atomic E-state index is 0.0418. The molecule has 2 heterocycles. The summed E-state index contributed by atoms with van der Waals surface area (Å²) in [6.07, 6.45) is 2.54. The van der Waals surface area contributed by atoms with Gasteiger partial charge in [0.1, 0.15) is 5.15 Å². The zero-order valence-corrected chi connectivity index (χ0v) is 12.2. The molecule has 0 atom stereocenters. The Balaban J connectivity index is 2.30. The molecule has 0 aromatic carbocycles. The van der Waals surface area contributed by atoms with Crippen LogP contribution in [-0.2, 0) is 10.0 Å². The Bertz CT molecular complexity index is 685. The topological polar surface area (TPSA) is 72.0 Å². The fraction of sp³-hybridized carbons (Fsp3) is 0.111. The number of sulfonamides is 1. The summed E-state index contributed by atoms with van der Waals surface area (Å²) in [6.45, 7) is 1.73. The van der Waals surface area contributed by atoms with Crippen LogP contribution < -0.4 is 4.72 Å². The SMILES string of the molecule is Cc1cc(NS(=O)(=O)c2cnc(Cl)s2)cnc1Cl. The van der Waals surface area contributed by atoms with Crippen molar-refractivity contribution in [2.45, 2.75) is 11.1 Å². The number of nitrogens with zero attached hydrogens (tertiary/aromatic N) is 2. The van der Waals surface area contributed by atoms with Gasteiger partial charge in [0.25, 0.3) is 10.0 Å². The standard InChI is InChI=1S/C9H7Cl2N3O2S2/c1-5-2-6(3-12-8(5)10)14-18(15,16)7-4-13-9(11)17-7/h2-4,14H,1H3. The highest BCUT2D eigenvalue weighted by atomic mass is 35.5. The maximum absolute atomic E-state index is 12.0. The second-order valence-corrected chi connectivity index (χ2v) is 7.25. The van der Waals surface area contributed by atoms with Crippen molar-refractivity contribution in [1.29, 1.82) is 0 Å². The van der Waals surface area contributed by atoms with Gasteiger partial charge in [-0.05, 0) is 18.6 Å². The summed E-state index contributed by atoms with van der Waals surface area (Å²) in [4.78, 5) is 7.55. The first kappa shape index (κ1) is 13.5. The summed E-state index contributed by atoms with van der Waals surface area (Å²) in [7, 11) is -3.68. The number of pyridine rings is 1. The molecule has 2 aromatic rings. The van der Waals surface area contributed by atoms with E-state index in [1.807, 2.05) is 0 Å². The average molecular weight is 324 g/mol. The summed E-state index contributed by atoms with van der Waals surface area (Å²) in [6, 6.07) is 1.59. The highest BCUT2D eigenvalue weighted by Crippen LogP contribution is 2.25. The Morgan fingerprint density at radius 3 is 2.56 bits per heavy atom. The van der Waals surface area contributed by atoms with E-state index < -0.39 is 10.0 Å². The molecule has 0 aliphatic heterocycles. The largest absolute Gasteiger partial charge is 0.277 e. The normalized spacial score (nSPS) is 11.5. The van der Waals surface area contributed by atoms with Crippen molar-refractivity contribution in [3.63, 3.8) is 0 Å². The number of nitrogens with one attached hydrogen (secondary N) is 1. The fourth-order valence-electron chi connectivity index (χ4n) is 1.18. The van der Waals surface area contributed by atoms with Gasteiger partial charge in [-0.25, -0.2) is 18.4 Å². The molecule has 0 radical (unpaired) electrons. The van der Waals surface area contributed by atoms with Crippen LogP contribution in [0.1, 0.15) is 5.56 Å². The van der Waals surface area contributed by atoms with E-state index in [1.165, 1.54) is 12.4 Å². The van der Waals surface area contributed by atoms with Gasteiger partial charge in [-0.1, -0.05) is 34.5 Å². The van der Waals surface area contributed by atoms with Crippen molar-refractivity contribution in [3.8, 4) is 0 Å². The molecule has 0 saturated heterocycles. The lowest BCUT2D eigenvalue weighted by Crippen LogP contribution is -2.11. The Morgan fingerprint density at radius 2 is 2.00 bits per heavy atom. The van der Waals surface area contributed by atoms with Crippen LogP contribution in [0.4, 0.5) is 5.69 Å². The fourth-order valence-corrected chi connectivity index (χ4v) is 3.61. The lowest BCUT2D eigenvalue weighted by atomic mass is 10.3. The third-order valence-electron chi connectivity index (χ3n) is 1.99. The van der Waals surface area contributed by atoms with Crippen LogP contribution in [0.15, 0.2) is 22.7 Å². The van der Waals surface area contributed by atoms with Crippen LogP contribution in [0, 0.1) is 6.92 Å². The van der Waals surface area contributed by atoms with Crippen molar-refractivity contribution in [1.82, 2.24) is 9.97 Å². The van der Waals surface area contributed by atoms with E-state index in [1.54, 1.807) is 13.0 Å². The highest BCUT2D eigenvalue weighted by Gasteiger charge is 2.18. The molecular formula is C9H7Cl2N3O2S2. The lowest BCUT2D eigenvalue weighted by Gasteiger charge is -2.06. The first-order chi connectivity index (χ1) is 8.38. The molecule has 9 heteroatoms. The quantitative estimate of drug-likeness (QED) is 0.881. The van der Waals surface area contributed by atoms with Gasteiger partial charge in [0, 0.05) is 0 Å². The van der Waals surface area contributed by atoms with Gasteiger partial charge in [-0.3, -0.25) is 4.72 Å². The molecule has 0 bridgehead atoms. The number of rotatable bonds is 3. The summed E-state index contributed by atoms with van der Waals surface area (Å²) in [5, 5.41) is 0.332. The third kappa shape index (κ3) is 2.92. The van der Waals surface area contributed by atoms with Crippen LogP contribution in [0.25, 0.3) is 0 Å². The molecule has 0 amide bonds. The molecule has 18 heavy (non-hydrogen) atoms. The van der Waals surface area contributed by atoms with Crippen LogP contribution in [0.2, 0.25) is 9.62 Å². The number of thiazole rings is 1. The lowest BCUT2D eigenvalue weighted by molar-refractivity contribution is 0.603. The monoisotopic (exact) mass is 323 g/mol. The molecular weight excluding hydrogens is 317 g/mol. The van der Waals surface area contributed by atoms with E-state index in [0.29, 0.717) is 16.4 Å². The summed E-state index contributed by atoms with van der Waals surface area (Å²) < 4.78 is 26.5. The van der Waals surface area contributed by atoms with Gasteiger partial charge in [0.2, 0.25) is 0 Å². The number of hydrogen-bond donors (Lipinski definition) is 1. The Kier molecular flexibility index (Phi) is 3.76. The Morgan fingerprint density at radius 1 is 1.28 bits per heavy atom. The number of anilines is 1. The zero-order valence-electron chi connectivity index (χ0n) is 9.02. The number of halogens is 2. The molecule has 96 valence electrons. The molecule has 0 aliphatic rings. The number of aromatic nitrogens is 2. The van der Waals surface area contributed by atoms with E-state index >= 15 is 0 Å². The Labute approximate surface area is 118 Å². The van der Waals surface area contributed by atoms with Crippen molar-refractivity contribution < 1.29 is 8.42 Å². The first-order valence-corrected chi connectivity index (χ1v) is 7.70. The summed E-state index contributed by atoms with van der Waals surface area (Å²) >= 11 is 12.2. The van der Waals surface area contributed by atoms with E-state index in [9.17, 15) is 8.42 Å². The smallest absolute Gasteiger partial charge is 0.273 e. The molecule has 0 fully saturated rings. The molecule has 1 N–H and O–H groups in total. The number of hydrogen-bond acceptors (Lipinski definition) is 5. The minimum Gasteiger partial charge on any atom is -0.277 e. The van der Waals surface area contributed by atoms with Crippen molar-refractivity contribution in [2.75, 3.05) is 4.72 Å². The maximum atomic E-state index is 12.0. The van der Waals surface area contributed by atoms with Gasteiger partial charge in [0.15, 0.2) is 8.68 Å². The van der Waals surface area contributed by atoms with Crippen molar-refractivity contribution in [3.05, 3.63) is 33.6 Å². The predicted molar refractivity (Wildman–Crippen MR) is 71.9 cm³/mol. The second kappa shape index (κ2) is 5.00. The van der Waals surface area contributed by atoms with Gasteiger partial charge in [-0.2, -0.15) is 0 Å². The molecule has 0 spiro atoms. The first-order valence-electron chi connectivity index (χ1n) is 4.65. The van der Waals surface area contributed by atoms with Gasteiger partial charge < -0.3 is 0 Å². The summed E-state index contributed by atoms with van der Waals surface area (Å²) in [5.74, 6) is 0. The Hall–Kier alpha value is -0.890. The van der Waals surface area contributed by atoms with E-state index in [4.69, 9.17) is 23.2 Å². The van der Waals surface area contributed by atoms with Gasteiger partial charge in [0.05, 0.1) is 18.1 Å². The molecule has 2 aromatic heterocycles. The molecule has 2 rings (SSSR count). The van der Waals surface area contributed by atoms with Crippen molar-refractivity contribution >= 4 is 50.2 Å². The highest BCUT2D eigenvalue weighted by molar-refractivity contribution is 7.94. The third-order valence-corrected chi connectivity index (χ3v) is 5.34. The minimum atomic E-state index is -3.68. The average Bonchev–Trinajstić information content (AvgIpc) is 2.71. The van der Waals surface area contributed by atoms with Crippen LogP contribution in [0.5, 0.6) is 0 Å². The molecule has 0 saturated carbocycles. The molecule has 0 unspecified atom stereocenters. The second-order valence-electron chi connectivity index (χ2n) is 3.37. The van der Waals surface area contributed by atoms with Crippen LogP contribution >= 0.6 is 34.5 Å². The zero-order chi connectivity index (χ0) is 13.3. The predicted octanol–water partition coefficient (Wildman–Crippen LogP) is 2.95. The van der Waals surface area contributed by atoms with E-state index in [-0.39, 0.29) is 8.68 Å². The number of aryl methyl sites for hydroxylation is 1. The molecule has 0 aliphatic carbocycles.